The van der Waals surface area contributed by atoms with Crippen LogP contribution in [0.4, 0.5) is 0 Å². The van der Waals surface area contributed by atoms with E-state index in [4.69, 9.17) is 4.74 Å². The Morgan fingerprint density at radius 1 is 1.38 bits per heavy atom. The first kappa shape index (κ1) is 16.3. The lowest BCUT2D eigenvalue weighted by atomic mass is 10.3. The second-order valence-corrected chi connectivity index (χ2v) is 5.78. The van der Waals surface area contributed by atoms with Gasteiger partial charge in [-0.2, -0.15) is 0 Å². The monoisotopic (exact) mass is 328 g/mol. The largest absolute Gasteiger partial charge is 0.472 e. The van der Waals surface area contributed by atoms with Gasteiger partial charge in [-0.25, -0.2) is 9.97 Å². The molecule has 2 aromatic heterocycles. The standard InChI is InChI=1S/C17H24N6O/c1-14-19-8-11-22(14)12-9-21-17(18-2)23-10-6-15(13-23)24-16-5-3-4-7-20-16/h3-5,7-8,11,15H,6,9-10,12-13H2,1-2H3,(H,18,21). The van der Waals surface area contributed by atoms with Crippen LogP contribution in [-0.2, 0) is 6.54 Å². The van der Waals surface area contributed by atoms with E-state index in [2.05, 4.69) is 29.7 Å². The second kappa shape index (κ2) is 7.81. The third-order valence-electron chi connectivity index (χ3n) is 4.14. The van der Waals surface area contributed by atoms with Crippen molar-refractivity contribution in [1.29, 1.82) is 0 Å². The molecule has 1 fully saturated rings. The molecule has 1 saturated heterocycles. The van der Waals surface area contributed by atoms with Gasteiger partial charge in [0.25, 0.3) is 0 Å². The molecule has 7 nitrogen and oxygen atoms in total. The van der Waals surface area contributed by atoms with Gasteiger partial charge in [-0.05, 0) is 13.0 Å². The maximum Gasteiger partial charge on any atom is 0.213 e. The van der Waals surface area contributed by atoms with Crippen molar-refractivity contribution < 1.29 is 4.74 Å². The first-order valence-corrected chi connectivity index (χ1v) is 8.27. The lowest BCUT2D eigenvalue weighted by Gasteiger charge is -2.21. The van der Waals surface area contributed by atoms with Crippen LogP contribution in [0.1, 0.15) is 12.2 Å². The minimum Gasteiger partial charge on any atom is -0.472 e. The summed E-state index contributed by atoms with van der Waals surface area (Å²) in [5, 5.41) is 3.42. The number of nitrogens with zero attached hydrogens (tertiary/aromatic N) is 5. The number of nitrogens with one attached hydrogen (secondary N) is 1. The summed E-state index contributed by atoms with van der Waals surface area (Å²) in [6.45, 7) is 5.44. The van der Waals surface area contributed by atoms with Gasteiger partial charge in [0.15, 0.2) is 5.96 Å². The van der Waals surface area contributed by atoms with Crippen molar-refractivity contribution in [3.8, 4) is 5.88 Å². The third kappa shape index (κ3) is 4.04. The van der Waals surface area contributed by atoms with Crippen LogP contribution < -0.4 is 10.1 Å². The summed E-state index contributed by atoms with van der Waals surface area (Å²) in [7, 11) is 1.82. The quantitative estimate of drug-likeness (QED) is 0.662. The molecule has 0 saturated carbocycles. The number of pyridine rings is 1. The second-order valence-electron chi connectivity index (χ2n) is 5.78. The van der Waals surface area contributed by atoms with Crippen LogP contribution in [0.15, 0.2) is 41.8 Å². The van der Waals surface area contributed by atoms with Crippen molar-refractivity contribution in [2.75, 3.05) is 26.7 Å². The smallest absolute Gasteiger partial charge is 0.213 e. The van der Waals surface area contributed by atoms with Crippen molar-refractivity contribution in [3.63, 3.8) is 0 Å². The van der Waals surface area contributed by atoms with E-state index in [-0.39, 0.29) is 6.10 Å². The molecule has 1 unspecified atom stereocenters. The molecule has 3 heterocycles. The zero-order chi connectivity index (χ0) is 16.8. The molecule has 24 heavy (non-hydrogen) atoms. The number of aromatic nitrogens is 3. The average Bonchev–Trinajstić information content (AvgIpc) is 3.22. The Kier molecular flexibility index (Phi) is 5.30. The summed E-state index contributed by atoms with van der Waals surface area (Å²) in [5.41, 5.74) is 0. The Labute approximate surface area is 142 Å². The van der Waals surface area contributed by atoms with Crippen molar-refractivity contribution in [2.24, 2.45) is 4.99 Å². The molecule has 0 aromatic carbocycles. The van der Waals surface area contributed by atoms with E-state index in [0.717, 1.165) is 44.4 Å². The predicted octanol–water partition coefficient (Wildman–Crippen LogP) is 1.32. The van der Waals surface area contributed by atoms with Gasteiger partial charge in [0, 0.05) is 57.8 Å². The molecule has 7 heteroatoms. The minimum atomic E-state index is 0.148. The fraction of sp³-hybridized carbons (Fsp3) is 0.471. The SMILES string of the molecule is CN=C(NCCn1ccnc1C)N1CCC(Oc2ccccn2)C1. The van der Waals surface area contributed by atoms with E-state index in [1.165, 1.54) is 0 Å². The molecule has 128 valence electrons. The zero-order valence-electron chi connectivity index (χ0n) is 14.2. The number of likely N-dealkylation sites (tertiary alicyclic amines) is 1. The number of ether oxygens (including phenoxy) is 1. The molecule has 0 amide bonds. The first-order chi connectivity index (χ1) is 11.8. The average molecular weight is 328 g/mol. The molecule has 0 radical (unpaired) electrons. The molecule has 1 aliphatic heterocycles. The number of guanidine groups is 1. The molecule has 0 bridgehead atoms. The van der Waals surface area contributed by atoms with Crippen LogP contribution in [0.5, 0.6) is 5.88 Å². The normalized spacial score (nSPS) is 18.0. The molecular weight excluding hydrogens is 304 g/mol. The van der Waals surface area contributed by atoms with Gasteiger partial charge >= 0.3 is 0 Å². The van der Waals surface area contributed by atoms with Crippen molar-refractivity contribution in [3.05, 3.63) is 42.6 Å². The highest BCUT2D eigenvalue weighted by molar-refractivity contribution is 5.80. The van der Waals surface area contributed by atoms with Crippen molar-refractivity contribution in [2.45, 2.75) is 26.0 Å². The number of rotatable bonds is 5. The molecule has 1 atom stereocenters. The van der Waals surface area contributed by atoms with Crippen molar-refractivity contribution in [1.82, 2.24) is 24.8 Å². The predicted molar refractivity (Wildman–Crippen MR) is 93.2 cm³/mol. The van der Waals surface area contributed by atoms with Gasteiger partial charge in [0.2, 0.25) is 5.88 Å². The van der Waals surface area contributed by atoms with Gasteiger partial charge in [-0.3, -0.25) is 4.99 Å². The Bertz CT molecular complexity index is 669. The molecule has 3 rings (SSSR count). The highest BCUT2D eigenvalue weighted by atomic mass is 16.5. The van der Waals surface area contributed by atoms with Crippen LogP contribution in [-0.4, -0.2) is 58.2 Å². The fourth-order valence-electron chi connectivity index (χ4n) is 2.86. The summed E-state index contributed by atoms with van der Waals surface area (Å²) in [6, 6.07) is 5.72. The van der Waals surface area contributed by atoms with Crippen LogP contribution >= 0.6 is 0 Å². The zero-order valence-corrected chi connectivity index (χ0v) is 14.2. The number of aliphatic imine (C=N–C) groups is 1. The Morgan fingerprint density at radius 3 is 3.00 bits per heavy atom. The van der Waals surface area contributed by atoms with E-state index in [1.54, 1.807) is 6.20 Å². The lowest BCUT2D eigenvalue weighted by molar-refractivity contribution is 0.205. The number of hydrogen-bond donors (Lipinski definition) is 1. The highest BCUT2D eigenvalue weighted by Crippen LogP contribution is 2.16. The van der Waals surface area contributed by atoms with Gasteiger partial charge in [-0.1, -0.05) is 6.07 Å². The summed E-state index contributed by atoms with van der Waals surface area (Å²) >= 11 is 0. The van der Waals surface area contributed by atoms with Crippen LogP contribution in [0.2, 0.25) is 0 Å². The maximum absolute atomic E-state index is 5.93. The Balaban J connectivity index is 1.47. The van der Waals surface area contributed by atoms with E-state index < -0.39 is 0 Å². The summed E-state index contributed by atoms with van der Waals surface area (Å²) < 4.78 is 8.05. The van der Waals surface area contributed by atoms with E-state index in [1.807, 2.05) is 44.6 Å². The number of hydrogen-bond acceptors (Lipinski definition) is 4. The molecule has 0 spiro atoms. The van der Waals surface area contributed by atoms with Crippen LogP contribution in [0.3, 0.4) is 0 Å². The minimum absolute atomic E-state index is 0.148. The summed E-state index contributed by atoms with van der Waals surface area (Å²) in [6.07, 6.45) is 6.68. The summed E-state index contributed by atoms with van der Waals surface area (Å²) in [4.78, 5) is 15.1. The Hall–Kier alpha value is -2.57. The Morgan fingerprint density at radius 2 is 2.29 bits per heavy atom. The third-order valence-corrected chi connectivity index (χ3v) is 4.14. The van der Waals surface area contributed by atoms with E-state index in [0.29, 0.717) is 5.88 Å². The fourth-order valence-corrected chi connectivity index (χ4v) is 2.86. The molecule has 0 aliphatic carbocycles. The van der Waals surface area contributed by atoms with Gasteiger partial charge in [0.05, 0.1) is 6.54 Å². The van der Waals surface area contributed by atoms with Gasteiger partial charge in [-0.15, -0.1) is 0 Å². The summed E-state index contributed by atoms with van der Waals surface area (Å²) in [5.74, 6) is 2.62. The maximum atomic E-state index is 5.93. The van der Waals surface area contributed by atoms with Gasteiger partial charge in [0.1, 0.15) is 11.9 Å². The van der Waals surface area contributed by atoms with E-state index >= 15 is 0 Å². The van der Waals surface area contributed by atoms with Crippen LogP contribution in [0, 0.1) is 6.92 Å². The van der Waals surface area contributed by atoms with Gasteiger partial charge < -0.3 is 19.5 Å². The van der Waals surface area contributed by atoms with Crippen molar-refractivity contribution >= 4 is 5.96 Å². The number of imidazole rings is 1. The first-order valence-electron chi connectivity index (χ1n) is 8.27. The molecular formula is C17H24N6O. The van der Waals surface area contributed by atoms with E-state index in [9.17, 15) is 0 Å². The molecule has 1 aliphatic rings. The molecule has 1 N–H and O–H groups in total. The number of aryl methyl sites for hydroxylation is 1. The topological polar surface area (TPSA) is 67.6 Å². The highest BCUT2D eigenvalue weighted by Gasteiger charge is 2.26. The van der Waals surface area contributed by atoms with Crippen LogP contribution in [0.25, 0.3) is 0 Å². The molecule has 2 aromatic rings. The lowest BCUT2D eigenvalue weighted by Crippen LogP contribution is -2.42.